The van der Waals surface area contributed by atoms with E-state index in [1.54, 1.807) is 14.0 Å². The van der Waals surface area contributed by atoms with Crippen molar-refractivity contribution in [2.75, 3.05) is 14.2 Å². The molecule has 126 valence electrons. The summed E-state index contributed by atoms with van der Waals surface area (Å²) in [6.07, 6.45) is 0. The Hall–Kier alpha value is -2.76. The first kappa shape index (κ1) is 17.6. The van der Waals surface area contributed by atoms with Gasteiger partial charge < -0.3 is 9.64 Å². The van der Waals surface area contributed by atoms with Crippen molar-refractivity contribution in [3.8, 4) is 0 Å². The van der Waals surface area contributed by atoms with Gasteiger partial charge in [0.1, 0.15) is 0 Å². The zero-order valence-electron chi connectivity index (χ0n) is 13.5. The van der Waals surface area contributed by atoms with Crippen LogP contribution in [0.2, 0.25) is 0 Å². The summed E-state index contributed by atoms with van der Waals surface area (Å²) in [5.74, 6) is -2.68. The number of carbonyl (C=O) groups excluding carboxylic acids is 2. The number of hydrogen-bond acceptors (Lipinski definition) is 3. The van der Waals surface area contributed by atoms with E-state index in [0.29, 0.717) is 16.7 Å². The third kappa shape index (κ3) is 3.59. The van der Waals surface area contributed by atoms with Crippen molar-refractivity contribution in [2.45, 2.75) is 13.0 Å². The van der Waals surface area contributed by atoms with E-state index in [-0.39, 0.29) is 5.91 Å². The smallest absolute Gasteiger partial charge is 0.337 e. The molecule has 2 rings (SSSR count). The van der Waals surface area contributed by atoms with Crippen molar-refractivity contribution in [1.29, 1.82) is 0 Å². The first-order valence-corrected chi connectivity index (χ1v) is 7.25. The van der Waals surface area contributed by atoms with Gasteiger partial charge in [0.2, 0.25) is 0 Å². The number of methoxy groups -OCH3 is 1. The summed E-state index contributed by atoms with van der Waals surface area (Å²) >= 11 is 0. The van der Waals surface area contributed by atoms with Crippen molar-refractivity contribution >= 4 is 11.9 Å². The first-order valence-electron chi connectivity index (χ1n) is 7.25. The SMILES string of the molecule is COC(=O)c1ccc(C(=O)N(C)C(C)c2ccc(F)c(F)c2)cc1. The number of nitrogens with zero attached hydrogens (tertiary/aromatic N) is 1. The van der Waals surface area contributed by atoms with Gasteiger partial charge in [0.15, 0.2) is 11.6 Å². The van der Waals surface area contributed by atoms with Crippen LogP contribution < -0.4 is 0 Å². The van der Waals surface area contributed by atoms with E-state index >= 15 is 0 Å². The van der Waals surface area contributed by atoms with Gasteiger partial charge in [0.05, 0.1) is 18.7 Å². The molecule has 24 heavy (non-hydrogen) atoms. The number of hydrogen-bond donors (Lipinski definition) is 0. The maximum Gasteiger partial charge on any atom is 0.337 e. The Labute approximate surface area is 138 Å². The van der Waals surface area contributed by atoms with E-state index in [1.807, 2.05) is 0 Å². The summed E-state index contributed by atoms with van der Waals surface area (Å²) in [7, 11) is 2.85. The van der Waals surface area contributed by atoms with Crippen molar-refractivity contribution in [2.24, 2.45) is 0 Å². The maximum absolute atomic E-state index is 13.4. The molecule has 0 saturated heterocycles. The van der Waals surface area contributed by atoms with Crippen LogP contribution in [0.5, 0.6) is 0 Å². The second kappa shape index (κ2) is 7.21. The molecule has 0 bridgehead atoms. The molecule has 0 saturated carbocycles. The number of ether oxygens (including phenoxy) is 1. The van der Waals surface area contributed by atoms with Crippen LogP contribution in [0.15, 0.2) is 42.5 Å². The molecule has 0 aliphatic carbocycles. The molecule has 2 aromatic rings. The Bertz CT molecular complexity index is 759. The molecule has 0 radical (unpaired) electrons. The van der Waals surface area contributed by atoms with Crippen LogP contribution in [0.25, 0.3) is 0 Å². The Kier molecular flexibility index (Phi) is 5.28. The molecule has 0 heterocycles. The molecule has 0 aliphatic heterocycles. The zero-order valence-corrected chi connectivity index (χ0v) is 13.5. The van der Waals surface area contributed by atoms with Gasteiger partial charge in [0, 0.05) is 12.6 Å². The number of benzene rings is 2. The Balaban J connectivity index is 2.18. The van der Waals surface area contributed by atoms with Gasteiger partial charge in [-0.05, 0) is 48.9 Å². The van der Waals surface area contributed by atoms with E-state index < -0.39 is 23.6 Å². The second-order valence-corrected chi connectivity index (χ2v) is 5.33. The van der Waals surface area contributed by atoms with Gasteiger partial charge in [-0.15, -0.1) is 0 Å². The molecular weight excluding hydrogens is 316 g/mol. The molecule has 0 aliphatic rings. The van der Waals surface area contributed by atoms with Crippen molar-refractivity contribution in [1.82, 2.24) is 4.90 Å². The average Bonchev–Trinajstić information content (AvgIpc) is 2.61. The van der Waals surface area contributed by atoms with E-state index in [9.17, 15) is 18.4 Å². The van der Waals surface area contributed by atoms with Gasteiger partial charge in [-0.2, -0.15) is 0 Å². The second-order valence-electron chi connectivity index (χ2n) is 5.33. The number of esters is 1. The van der Waals surface area contributed by atoms with Gasteiger partial charge in [-0.3, -0.25) is 4.79 Å². The first-order chi connectivity index (χ1) is 11.3. The number of amides is 1. The van der Waals surface area contributed by atoms with Gasteiger partial charge >= 0.3 is 5.97 Å². The minimum absolute atomic E-state index is 0.302. The predicted octanol–water partition coefficient (Wildman–Crippen LogP) is 3.58. The van der Waals surface area contributed by atoms with E-state index in [1.165, 1.54) is 42.3 Å². The number of halogens is 2. The summed E-state index contributed by atoms with van der Waals surface area (Å²) < 4.78 is 31.0. The van der Waals surface area contributed by atoms with Gasteiger partial charge in [-0.25, -0.2) is 13.6 Å². The summed E-state index contributed by atoms with van der Waals surface area (Å²) in [6.45, 7) is 1.72. The van der Waals surface area contributed by atoms with Crippen LogP contribution in [0.3, 0.4) is 0 Å². The molecular formula is C18H17F2NO3. The van der Waals surface area contributed by atoms with Crippen LogP contribution >= 0.6 is 0 Å². The van der Waals surface area contributed by atoms with Crippen molar-refractivity contribution < 1.29 is 23.1 Å². The highest BCUT2D eigenvalue weighted by Gasteiger charge is 2.20. The fourth-order valence-electron chi connectivity index (χ4n) is 2.24. The molecule has 2 aromatic carbocycles. The molecule has 1 amide bonds. The molecule has 0 fully saturated rings. The van der Waals surface area contributed by atoms with Crippen LogP contribution in [-0.2, 0) is 4.74 Å². The molecule has 1 atom stereocenters. The Morgan fingerprint density at radius 1 is 1.00 bits per heavy atom. The third-order valence-corrected chi connectivity index (χ3v) is 3.88. The summed E-state index contributed by atoms with van der Waals surface area (Å²) in [5, 5.41) is 0. The Morgan fingerprint density at radius 2 is 1.58 bits per heavy atom. The van der Waals surface area contributed by atoms with Crippen molar-refractivity contribution in [3.63, 3.8) is 0 Å². The molecule has 1 unspecified atom stereocenters. The standard InChI is InChI=1S/C18H17F2NO3/c1-11(14-8-9-15(19)16(20)10-14)21(2)17(22)12-4-6-13(7-5-12)18(23)24-3/h4-11H,1-3H3. The maximum atomic E-state index is 13.4. The molecule has 4 nitrogen and oxygen atoms in total. The van der Waals surface area contributed by atoms with E-state index in [0.717, 1.165) is 12.1 Å². The van der Waals surface area contributed by atoms with Crippen LogP contribution in [-0.4, -0.2) is 30.9 Å². The molecule has 0 aromatic heterocycles. The number of carbonyl (C=O) groups is 2. The lowest BCUT2D eigenvalue weighted by Crippen LogP contribution is -2.29. The van der Waals surface area contributed by atoms with Crippen molar-refractivity contribution in [3.05, 3.63) is 70.8 Å². The highest BCUT2D eigenvalue weighted by Crippen LogP contribution is 2.22. The monoisotopic (exact) mass is 333 g/mol. The minimum atomic E-state index is -0.956. The predicted molar refractivity (Wildman–Crippen MR) is 84.6 cm³/mol. The average molecular weight is 333 g/mol. The number of rotatable bonds is 4. The largest absolute Gasteiger partial charge is 0.465 e. The highest BCUT2D eigenvalue weighted by atomic mass is 19.2. The summed E-state index contributed by atoms with van der Waals surface area (Å²) in [5.41, 5.74) is 1.20. The fraction of sp³-hybridized carbons (Fsp3) is 0.222. The lowest BCUT2D eigenvalue weighted by Gasteiger charge is -2.25. The van der Waals surface area contributed by atoms with Crippen LogP contribution in [0, 0.1) is 11.6 Å². The van der Waals surface area contributed by atoms with Crippen LogP contribution in [0.1, 0.15) is 39.2 Å². The van der Waals surface area contributed by atoms with Crippen LogP contribution in [0.4, 0.5) is 8.78 Å². The summed E-state index contributed by atoms with van der Waals surface area (Å²) in [6, 6.07) is 9.12. The lowest BCUT2D eigenvalue weighted by atomic mass is 10.1. The highest BCUT2D eigenvalue weighted by molar-refractivity contribution is 5.96. The molecule has 0 spiro atoms. The van der Waals surface area contributed by atoms with E-state index in [4.69, 9.17) is 0 Å². The molecule has 0 N–H and O–H groups in total. The zero-order chi connectivity index (χ0) is 17.9. The molecule has 6 heteroatoms. The quantitative estimate of drug-likeness (QED) is 0.804. The minimum Gasteiger partial charge on any atom is -0.465 e. The van der Waals surface area contributed by atoms with E-state index in [2.05, 4.69) is 4.74 Å². The normalized spacial score (nSPS) is 11.7. The lowest BCUT2D eigenvalue weighted by molar-refractivity contribution is 0.0599. The Morgan fingerprint density at radius 3 is 2.12 bits per heavy atom. The third-order valence-electron chi connectivity index (χ3n) is 3.88. The summed E-state index contributed by atoms with van der Waals surface area (Å²) in [4.78, 5) is 25.3. The fourth-order valence-corrected chi connectivity index (χ4v) is 2.24. The van der Waals surface area contributed by atoms with Gasteiger partial charge in [-0.1, -0.05) is 6.07 Å². The van der Waals surface area contributed by atoms with Gasteiger partial charge in [0.25, 0.3) is 5.91 Å². The topological polar surface area (TPSA) is 46.6 Å².